The van der Waals surface area contributed by atoms with Crippen LogP contribution >= 0.6 is 0 Å². The van der Waals surface area contributed by atoms with Crippen LogP contribution in [0.25, 0.3) is 0 Å². The molecule has 0 saturated carbocycles. The summed E-state index contributed by atoms with van der Waals surface area (Å²) in [7, 11) is 0. The Morgan fingerprint density at radius 1 is 1.15 bits per heavy atom. The van der Waals surface area contributed by atoms with Gasteiger partial charge in [0.25, 0.3) is 0 Å². The number of amides is 2. The van der Waals surface area contributed by atoms with E-state index in [9.17, 15) is 23.5 Å². The van der Waals surface area contributed by atoms with E-state index in [4.69, 9.17) is 0 Å². The van der Waals surface area contributed by atoms with Crippen molar-refractivity contribution in [3.05, 3.63) is 65.2 Å². The Bertz CT molecular complexity index is 855. The summed E-state index contributed by atoms with van der Waals surface area (Å²) in [5.74, 6) is -2.32. The molecule has 2 unspecified atom stereocenters. The van der Waals surface area contributed by atoms with Crippen molar-refractivity contribution in [1.29, 1.82) is 0 Å². The smallest absolute Gasteiger partial charge is 0.227 e. The van der Waals surface area contributed by atoms with Crippen LogP contribution in [0.15, 0.2) is 42.5 Å². The minimum atomic E-state index is -0.977. The average molecular weight is 374 g/mol. The fourth-order valence-electron chi connectivity index (χ4n) is 3.31. The van der Waals surface area contributed by atoms with Gasteiger partial charge in [-0.2, -0.15) is 0 Å². The Hall–Kier alpha value is -2.80. The van der Waals surface area contributed by atoms with Crippen LogP contribution in [0.3, 0.4) is 0 Å². The first kappa shape index (κ1) is 19.0. The van der Waals surface area contributed by atoms with Crippen LogP contribution in [-0.4, -0.2) is 34.5 Å². The topological polar surface area (TPSA) is 69.6 Å². The summed E-state index contributed by atoms with van der Waals surface area (Å²) >= 11 is 0. The van der Waals surface area contributed by atoms with E-state index in [2.05, 4.69) is 5.32 Å². The molecule has 0 radical (unpaired) electrons. The maximum absolute atomic E-state index is 13.6. The number of hydrogen-bond donors (Lipinski definition) is 2. The molecule has 2 atom stereocenters. The number of rotatable bonds is 4. The molecule has 7 heteroatoms. The summed E-state index contributed by atoms with van der Waals surface area (Å²) in [5, 5.41) is 12.6. The lowest BCUT2D eigenvalue weighted by atomic mass is 10.0. The predicted molar refractivity (Wildman–Crippen MR) is 95.9 cm³/mol. The molecule has 3 rings (SSSR count). The van der Waals surface area contributed by atoms with E-state index >= 15 is 0 Å². The monoisotopic (exact) mass is 374 g/mol. The molecule has 2 N–H and O–H groups in total. The number of likely N-dealkylation sites (tertiary alicyclic amines) is 1. The Balaban J connectivity index is 1.74. The van der Waals surface area contributed by atoms with Gasteiger partial charge in [-0.3, -0.25) is 9.59 Å². The molecular weight excluding hydrogens is 354 g/mol. The predicted octanol–water partition coefficient (Wildman–Crippen LogP) is 2.80. The van der Waals surface area contributed by atoms with Gasteiger partial charge in [-0.25, -0.2) is 8.78 Å². The molecule has 2 amide bonds. The summed E-state index contributed by atoms with van der Waals surface area (Å²) in [4.78, 5) is 25.3. The molecule has 27 heavy (non-hydrogen) atoms. The largest absolute Gasteiger partial charge is 0.391 e. The second-order valence-electron chi connectivity index (χ2n) is 6.68. The van der Waals surface area contributed by atoms with E-state index in [0.29, 0.717) is 11.3 Å². The molecule has 0 bridgehead atoms. The highest BCUT2D eigenvalue weighted by Crippen LogP contribution is 2.33. The van der Waals surface area contributed by atoms with Crippen LogP contribution in [-0.2, 0) is 16.0 Å². The quantitative estimate of drug-likeness (QED) is 0.865. The van der Waals surface area contributed by atoms with Crippen LogP contribution in [0.1, 0.15) is 30.5 Å². The number of aliphatic hydroxyl groups excluding tert-OH is 1. The van der Waals surface area contributed by atoms with E-state index in [1.54, 1.807) is 24.3 Å². The Labute approximate surface area is 155 Å². The lowest BCUT2D eigenvalue weighted by molar-refractivity contribution is -0.131. The first-order valence-electron chi connectivity index (χ1n) is 8.62. The van der Waals surface area contributed by atoms with Crippen molar-refractivity contribution in [2.24, 2.45) is 0 Å². The number of hydrogen-bond acceptors (Lipinski definition) is 3. The van der Waals surface area contributed by atoms with Gasteiger partial charge in [0.05, 0.1) is 18.6 Å². The lowest BCUT2D eigenvalue weighted by Gasteiger charge is -2.25. The van der Waals surface area contributed by atoms with Gasteiger partial charge in [0.1, 0.15) is 0 Å². The average Bonchev–Trinajstić information content (AvgIpc) is 3.00. The van der Waals surface area contributed by atoms with Crippen molar-refractivity contribution >= 4 is 17.5 Å². The van der Waals surface area contributed by atoms with Crippen LogP contribution in [0, 0.1) is 11.6 Å². The highest BCUT2D eigenvalue weighted by Gasteiger charge is 2.35. The number of carbonyl (C=O) groups is 2. The van der Waals surface area contributed by atoms with Crippen LogP contribution < -0.4 is 5.32 Å². The van der Waals surface area contributed by atoms with Crippen molar-refractivity contribution in [2.75, 3.05) is 11.9 Å². The van der Waals surface area contributed by atoms with Crippen LogP contribution in [0.4, 0.5) is 14.5 Å². The zero-order chi connectivity index (χ0) is 19.6. The number of benzene rings is 2. The maximum atomic E-state index is 13.6. The van der Waals surface area contributed by atoms with Gasteiger partial charge >= 0.3 is 0 Å². The van der Waals surface area contributed by atoms with Gasteiger partial charge in [0, 0.05) is 19.2 Å². The standard InChI is InChI=1S/C20H20F2N2O3/c1-12(25)23-15-5-2-13(3-6-15)8-20(27)24-11-16(26)10-19(24)14-4-7-17(21)18(22)9-14/h2-7,9,16,19,26H,8,10-11H2,1H3,(H,23,25). The number of β-amino-alcohol motifs (C(OH)–C–C–N with tert-alkyl or cyclic N) is 1. The minimum Gasteiger partial charge on any atom is -0.391 e. The summed E-state index contributed by atoms with van der Waals surface area (Å²) in [6.07, 6.45) is -0.333. The van der Waals surface area contributed by atoms with E-state index in [-0.39, 0.29) is 31.2 Å². The molecular formula is C20H20F2N2O3. The number of nitrogens with zero attached hydrogens (tertiary/aromatic N) is 1. The number of anilines is 1. The molecule has 0 aromatic heterocycles. The lowest BCUT2D eigenvalue weighted by Crippen LogP contribution is -2.33. The molecule has 1 saturated heterocycles. The number of carbonyl (C=O) groups excluding carboxylic acids is 2. The van der Waals surface area contributed by atoms with Crippen molar-refractivity contribution in [3.63, 3.8) is 0 Å². The summed E-state index contributed by atoms with van der Waals surface area (Å²) in [6.45, 7) is 1.56. The van der Waals surface area contributed by atoms with Crippen LogP contribution in [0.5, 0.6) is 0 Å². The number of aliphatic hydroxyl groups is 1. The Morgan fingerprint density at radius 3 is 2.48 bits per heavy atom. The molecule has 1 heterocycles. The number of nitrogens with one attached hydrogen (secondary N) is 1. The summed E-state index contributed by atoms with van der Waals surface area (Å²) < 4.78 is 26.7. The summed E-state index contributed by atoms with van der Waals surface area (Å²) in [6, 6.07) is 9.92. The molecule has 2 aromatic rings. The summed E-state index contributed by atoms with van der Waals surface area (Å²) in [5.41, 5.74) is 1.84. The Kier molecular flexibility index (Phi) is 5.51. The fourth-order valence-corrected chi connectivity index (χ4v) is 3.31. The van der Waals surface area contributed by atoms with Gasteiger partial charge in [-0.05, 0) is 41.8 Å². The van der Waals surface area contributed by atoms with E-state index < -0.39 is 23.8 Å². The second-order valence-corrected chi connectivity index (χ2v) is 6.68. The molecule has 0 aliphatic carbocycles. The molecule has 0 spiro atoms. The van der Waals surface area contributed by atoms with Gasteiger partial charge in [-0.15, -0.1) is 0 Å². The molecule has 2 aromatic carbocycles. The van der Waals surface area contributed by atoms with Crippen molar-refractivity contribution < 1.29 is 23.5 Å². The van der Waals surface area contributed by atoms with E-state index in [1.165, 1.54) is 17.9 Å². The SMILES string of the molecule is CC(=O)Nc1ccc(CC(=O)N2CC(O)CC2c2ccc(F)c(F)c2)cc1. The third kappa shape index (κ3) is 4.49. The van der Waals surface area contributed by atoms with Gasteiger partial charge < -0.3 is 15.3 Å². The molecule has 1 aliphatic rings. The molecule has 142 valence electrons. The second kappa shape index (κ2) is 7.84. The van der Waals surface area contributed by atoms with E-state index in [1.807, 2.05) is 0 Å². The minimum absolute atomic E-state index is 0.104. The van der Waals surface area contributed by atoms with E-state index in [0.717, 1.165) is 17.7 Å². The highest BCUT2D eigenvalue weighted by atomic mass is 19.2. The van der Waals surface area contributed by atoms with Gasteiger partial charge in [-0.1, -0.05) is 18.2 Å². The maximum Gasteiger partial charge on any atom is 0.227 e. The first-order chi connectivity index (χ1) is 12.8. The normalized spacial score (nSPS) is 19.2. The number of halogens is 2. The Morgan fingerprint density at radius 2 is 1.85 bits per heavy atom. The van der Waals surface area contributed by atoms with Gasteiger partial charge in [0.2, 0.25) is 11.8 Å². The highest BCUT2D eigenvalue weighted by molar-refractivity contribution is 5.88. The zero-order valence-corrected chi connectivity index (χ0v) is 14.8. The molecule has 1 aliphatic heterocycles. The third-order valence-corrected chi connectivity index (χ3v) is 4.56. The first-order valence-corrected chi connectivity index (χ1v) is 8.62. The third-order valence-electron chi connectivity index (χ3n) is 4.56. The van der Waals surface area contributed by atoms with Crippen molar-refractivity contribution in [1.82, 2.24) is 4.90 Å². The van der Waals surface area contributed by atoms with Crippen molar-refractivity contribution in [2.45, 2.75) is 31.9 Å². The van der Waals surface area contributed by atoms with Crippen molar-refractivity contribution in [3.8, 4) is 0 Å². The van der Waals surface area contributed by atoms with Gasteiger partial charge in [0.15, 0.2) is 11.6 Å². The van der Waals surface area contributed by atoms with Crippen LogP contribution in [0.2, 0.25) is 0 Å². The molecule has 5 nitrogen and oxygen atoms in total. The zero-order valence-electron chi connectivity index (χ0n) is 14.8. The molecule has 1 fully saturated rings. The fraction of sp³-hybridized carbons (Fsp3) is 0.300.